The fraction of sp³-hybridized carbons (Fsp3) is 0.150. The Labute approximate surface area is 153 Å². The second kappa shape index (κ2) is 7.99. The van der Waals surface area contributed by atoms with Gasteiger partial charge in [0.25, 0.3) is 5.91 Å². The maximum Gasteiger partial charge on any atom is 0.419 e. The predicted molar refractivity (Wildman–Crippen MR) is 92.1 cm³/mol. The van der Waals surface area contributed by atoms with Crippen LogP contribution in [-0.4, -0.2) is 12.5 Å². The summed E-state index contributed by atoms with van der Waals surface area (Å²) in [6.45, 7) is -0.558. The fourth-order valence-electron chi connectivity index (χ4n) is 2.59. The highest BCUT2D eigenvalue weighted by atomic mass is 19.4. The Hall–Kier alpha value is -3.22. The van der Waals surface area contributed by atoms with Crippen LogP contribution < -0.4 is 10.1 Å². The Balaban J connectivity index is 1.71. The molecule has 1 heterocycles. The number of nitrogens with one attached hydrogen (secondary N) is 1. The lowest BCUT2D eigenvalue weighted by atomic mass is 10.0. The molecule has 4 nitrogen and oxygen atoms in total. The van der Waals surface area contributed by atoms with Crippen LogP contribution in [0.2, 0.25) is 0 Å². The molecule has 0 bridgehead atoms. The van der Waals surface area contributed by atoms with Crippen molar-refractivity contribution in [1.29, 1.82) is 0 Å². The molecule has 1 atom stereocenters. The van der Waals surface area contributed by atoms with Gasteiger partial charge in [-0.1, -0.05) is 42.5 Å². The van der Waals surface area contributed by atoms with Crippen molar-refractivity contribution >= 4 is 5.91 Å². The third-order valence-electron chi connectivity index (χ3n) is 3.82. The van der Waals surface area contributed by atoms with Gasteiger partial charge in [-0.25, -0.2) is 0 Å². The molecule has 0 aliphatic carbocycles. The molecule has 0 radical (unpaired) electrons. The Kier molecular flexibility index (Phi) is 5.49. The van der Waals surface area contributed by atoms with Crippen LogP contribution >= 0.6 is 0 Å². The van der Waals surface area contributed by atoms with E-state index < -0.39 is 36.0 Å². The molecule has 7 heteroatoms. The van der Waals surface area contributed by atoms with Crippen LogP contribution in [0.3, 0.4) is 0 Å². The summed E-state index contributed by atoms with van der Waals surface area (Å²) in [6, 6.07) is 16.7. The monoisotopic (exact) mass is 375 g/mol. The highest BCUT2D eigenvalue weighted by Gasteiger charge is 2.34. The zero-order chi connectivity index (χ0) is 19.3. The number of hydrogen-bond acceptors (Lipinski definition) is 3. The molecule has 0 fully saturated rings. The van der Waals surface area contributed by atoms with Crippen LogP contribution in [0.25, 0.3) is 0 Å². The van der Waals surface area contributed by atoms with E-state index in [1.165, 1.54) is 24.5 Å². The molecule has 27 heavy (non-hydrogen) atoms. The number of carbonyl (C=O) groups is 1. The Morgan fingerprint density at radius 1 is 1.00 bits per heavy atom. The molecule has 0 saturated carbocycles. The smallest absolute Gasteiger partial charge is 0.419 e. The minimum Gasteiger partial charge on any atom is -0.483 e. The number of halogens is 3. The quantitative estimate of drug-likeness (QED) is 0.686. The van der Waals surface area contributed by atoms with E-state index in [0.717, 1.165) is 11.6 Å². The minimum atomic E-state index is -4.56. The minimum absolute atomic E-state index is 0.394. The van der Waals surface area contributed by atoms with E-state index in [1.54, 1.807) is 12.1 Å². The maximum absolute atomic E-state index is 13.0. The maximum atomic E-state index is 13.0. The number of furan rings is 1. The highest BCUT2D eigenvalue weighted by Crippen LogP contribution is 2.35. The van der Waals surface area contributed by atoms with Gasteiger partial charge < -0.3 is 14.5 Å². The van der Waals surface area contributed by atoms with Gasteiger partial charge in [0.15, 0.2) is 6.61 Å². The summed E-state index contributed by atoms with van der Waals surface area (Å²) >= 11 is 0. The Morgan fingerprint density at radius 2 is 1.70 bits per heavy atom. The number of para-hydroxylation sites is 1. The van der Waals surface area contributed by atoms with Crippen LogP contribution in [0, 0.1) is 0 Å². The Morgan fingerprint density at radius 3 is 2.37 bits per heavy atom. The molecule has 1 amide bonds. The molecule has 0 aliphatic heterocycles. The van der Waals surface area contributed by atoms with Crippen molar-refractivity contribution < 1.29 is 27.1 Å². The molecule has 1 aromatic heterocycles. The number of alkyl halides is 3. The van der Waals surface area contributed by atoms with Crippen molar-refractivity contribution in [3.05, 3.63) is 89.9 Å². The van der Waals surface area contributed by atoms with Crippen molar-refractivity contribution in [3.63, 3.8) is 0 Å². The molecular weight excluding hydrogens is 359 g/mol. The highest BCUT2D eigenvalue weighted by molar-refractivity contribution is 5.78. The molecule has 2 aromatic carbocycles. The number of amides is 1. The molecule has 0 saturated heterocycles. The summed E-state index contributed by atoms with van der Waals surface area (Å²) in [4.78, 5) is 12.3. The first-order chi connectivity index (χ1) is 12.9. The second-order valence-corrected chi connectivity index (χ2v) is 5.71. The van der Waals surface area contributed by atoms with Crippen LogP contribution in [0.15, 0.2) is 77.4 Å². The van der Waals surface area contributed by atoms with Crippen LogP contribution in [-0.2, 0) is 11.0 Å². The normalized spacial score (nSPS) is 12.4. The zero-order valence-corrected chi connectivity index (χ0v) is 14.1. The largest absolute Gasteiger partial charge is 0.483 e. The number of hydrogen-bond donors (Lipinski definition) is 1. The van der Waals surface area contributed by atoms with Crippen molar-refractivity contribution in [3.8, 4) is 5.75 Å². The van der Waals surface area contributed by atoms with E-state index in [9.17, 15) is 18.0 Å². The third-order valence-corrected chi connectivity index (χ3v) is 3.82. The van der Waals surface area contributed by atoms with E-state index in [2.05, 4.69) is 5.32 Å². The predicted octanol–water partition coefficient (Wildman–Crippen LogP) is 4.58. The number of benzene rings is 2. The molecule has 0 aliphatic rings. The second-order valence-electron chi connectivity index (χ2n) is 5.71. The van der Waals surface area contributed by atoms with Crippen molar-refractivity contribution in [2.45, 2.75) is 12.2 Å². The van der Waals surface area contributed by atoms with Crippen molar-refractivity contribution in [2.75, 3.05) is 6.61 Å². The number of carbonyl (C=O) groups excluding carboxylic acids is 1. The standard InChI is InChI=1S/C20H16F3NO3/c21-20(22,23)15-9-4-5-10-16(15)27-13-18(25)24-19(17-11-6-12-26-17)14-7-2-1-3-8-14/h1-12,19H,13H2,(H,24,25). The van der Waals surface area contributed by atoms with Crippen LogP contribution in [0.5, 0.6) is 5.75 Å². The van der Waals surface area contributed by atoms with Crippen LogP contribution in [0.4, 0.5) is 13.2 Å². The van der Waals surface area contributed by atoms with Gasteiger partial charge >= 0.3 is 6.18 Å². The summed E-state index contributed by atoms with van der Waals surface area (Å²) in [7, 11) is 0. The lowest BCUT2D eigenvalue weighted by molar-refractivity contribution is -0.139. The van der Waals surface area contributed by atoms with Gasteiger partial charge in [0.2, 0.25) is 0 Å². The topological polar surface area (TPSA) is 51.5 Å². The number of ether oxygens (including phenoxy) is 1. The number of rotatable bonds is 6. The van der Waals surface area contributed by atoms with Gasteiger partial charge in [-0.05, 0) is 29.8 Å². The Bertz CT molecular complexity index is 877. The molecular formula is C20H16F3NO3. The fourth-order valence-corrected chi connectivity index (χ4v) is 2.59. The van der Waals surface area contributed by atoms with E-state index in [0.29, 0.717) is 5.76 Å². The lowest BCUT2D eigenvalue weighted by Crippen LogP contribution is -2.33. The summed E-state index contributed by atoms with van der Waals surface area (Å²) in [6.07, 6.45) is -3.08. The van der Waals surface area contributed by atoms with Crippen molar-refractivity contribution in [2.24, 2.45) is 0 Å². The van der Waals surface area contributed by atoms with E-state index in [-0.39, 0.29) is 0 Å². The van der Waals surface area contributed by atoms with E-state index >= 15 is 0 Å². The lowest BCUT2D eigenvalue weighted by Gasteiger charge is -2.18. The summed E-state index contributed by atoms with van der Waals surface area (Å²) in [5.41, 5.74) is -0.153. The summed E-state index contributed by atoms with van der Waals surface area (Å²) in [5.74, 6) is -0.461. The first-order valence-electron chi connectivity index (χ1n) is 8.12. The molecule has 1 N–H and O–H groups in total. The van der Waals surface area contributed by atoms with Gasteiger partial charge in [0.05, 0.1) is 11.8 Å². The van der Waals surface area contributed by atoms with Crippen molar-refractivity contribution in [1.82, 2.24) is 5.32 Å². The molecule has 3 rings (SSSR count). The third kappa shape index (κ3) is 4.69. The van der Waals surface area contributed by atoms with Gasteiger partial charge in [-0.15, -0.1) is 0 Å². The van der Waals surface area contributed by atoms with Gasteiger partial charge in [0.1, 0.15) is 17.6 Å². The van der Waals surface area contributed by atoms with Crippen LogP contribution in [0.1, 0.15) is 22.9 Å². The summed E-state index contributed by atoms with van der Waals surface area (Å²) in [5, 5.41) is 2.73. The van der Waals surface area contributed by atoms with Gasteiger partial charge in [0, 0.05) is 0 Å². The molecule has 140 valence electrons. The zero-order valence-electron chi connectivity index (χ0n) is 14.1. The van der Waals surface area contributed by atoms with E-state index in [4.69, 9.17) is 9.15 Å². The van der Waals surface area contributed by atoms with Gasteiger partial charge in [-0.2, -0.15) is 13.2 Å². The first-order valence-corrected chi connectivity index (χ1v) is 8.12. The molecule has 3 aromatic rings. The SMILES string of the molecule is O=C(COc1ccccc1C(F)(F)F)NC(c1ccccc1)c1ccco1. The first kappa shape index (κ1) is 18.6. The average molecular weight is 375 g/mol. The average Bonchev–Trinajstić information content (AvgIpc) is 3.19. The molecule has 0 spiro atoms. The molecule has 1 unspecified atom stereocenters. The van der Waals surface area contributed by atoms with Gasteiger partial charge in [-0.3, -0.25) is 4.79 Å². The summed E-state index contributed by atoms with van der Waals surface area (Å²) < 4.78 is 49.5. The van der Waals surface area contributed by atoms with E-state index in [1.807, 2.05) is 30.3 Å².